The average Bonchev–Trinajstić information content (AvgIpc) is 2.48. The largest absolute Gasteiger partial charge is 0.309 e. The summed E-state index contributed by atoms with van der Waals surface area (Å²) in [5.74, 6) is 1.09. The summed E-state index contributed by atoms with van der Waals surface area (Å²) in [6.45, 7) is 8.33. The molecule has 2 nitrogen and oxygen atoms in total. The van der Waals surface area contributed by atoms with Gasteiger partial charge in [0.15, 0.2) is 0 Å². The average molecular weight is 287 g/mol. The minimum absolute atomic E-state index is 0.244. The van der Waals surface area contributed by atoms with Crippen LogP contribution in [0.4, 0.5) is 5.69 Å². The van der Waals surface area contributed by atoms with Gasteiger partial charge in [-0.3, -0.25) is 4.79 Å². The molecule has 1 aromatic carbocycles. The Morgan fingerprint density at radius 3 is 2.14 bits per heavy atom. The Hall–Kier alpha value is -1.31. The van der Waals surface area contributed by atoms with Crippen molar-refractivity contribution in [3.8, 4) is 0 Å². The third kappa shape index (κ3) is 3.87. The Kier molecular flexibility index (Phi) is 5.08. The van der Waals surface area contributed by atoms with Crippen LogP contribution in [0, 0.1) is 11.3 Å². The highest BCUT2D eigenvalue weighted by Crippen LogP contribution is 2.34. The first-order valence-corrected chi connectivity index (χ1v) is 8.32. The number of para-hydroxylation sites is 1. The highest BCUT2D eigenvalue weighted by molar-refractivity contribution is 5.97. The minimum atomic E-state index is -0.336. The van der Waals surface area contributed by atoms with Crippen LogP contribution in [-0.2, 0) is 4.79 Å². The van der Waals surface area contributed by atoms with Gasteiger partial charge in [0.1, 0.15) is 0 Å². The molecule has 116 valence electrons. The van der Waals surface area contributed by atoms with E-state index in [1.54, 1.807) is 0 Å². The minimum Gasteiger partial charge on any atom is -0.309 e. The Morgan fingerprint density at radius 1 is 1.10 bits per heavy atom. The van der Waals surface area contributed by atoms with Crippen molar-refractivity contribution >= 4 is 11.6 Å². The van der Waals surface area contributed by atoms with Crippen LogP contribution in [0.3, 0.4) is 0 Å². The molecule has 2 rings (SSSR count). The second-order valence-electron chi connectivity index (χ2n) is 7.34. The number of hydrogen-bond acceptors (Lipinski definition) is 1. The summed E-state index contributed by atoms with van der Waals surface area (Å²) >= 11 is 0. The molecule has 21 heavy (non-hydrogen) atoms. The second kappa shape index (κ2) is 6.64. The molecule has 1 aliphatic carbocycles. The fourth-order valence-electron chi connectivity index (χ4n) is 3.26. The number of anilines is 1. The van der Waals surface area contributed by atoms with E-state index in [-0.39, 0.29) is 11.3 Å². The predicted molar refractivity (Wildman–Crippen MR) is 89.4 cm³/mol. The molecule has 0 N–H and O–H groups in total. The molecule has 1 fully saturated rings. The quantitative estimate of drug-likeness (QED) is 0.763. The van der Waals surface area contributed by atoms with E-state index in [4.69, 9.17) is 0 Å². The number of nitrogens with zero attached hydrogens (tertiary/aromatic N) is 1. The van der Waals surface area contributed by atoms with E-state index in [2.05, 4.69) is 24.0 Å². The summed E-state index contributed by atoms with van der Waals surface area (Å²) in [4.78, 5) is 15.0. The molecule has 1 aliphatic rings. The Balaban J connectivity index is 2.23. The van der Waals surface area contributed by atoms with Crippen molar-refractivity contribution in [2.45, 2.75) is 65.8 Å². The van der Waals surface area contributed by atoms with Gasteiger partial charge in [-0.15, -0.1) is 0 Å². The summed E-state index contributed by atoms with van der Waals surface area (Å²) in [6, 6.07) is 10.6. The van der Waals surface area contributed by atoms with Crippen molar-refractivity contribution in [1.29, 1.82) is 0 Å². The van der Waals surface area contributed by atoms with Crippen LogP contribution < -0.4 is 4.90 Å². The highest BCUT2D eigenvalue weighted by Gasteiger charge is 2.34. The lowest BCUT2D eigenvalue weighted by Gasteiger charge is -2.39. The number of carbonyl (C=O) groups is 1. The van der Waals surface area contributed by atoms with Gasteiger partial charge in [0, 0.05) is 17.1 Å². The molecule has 0 atom stereocenters. The van der Waals surface area contributed by atoms with Crippen LogP contribution in [0.15, 0.2) is 30.3 Å². The molecular formula is C19H29NO. The molecule has 0 unspecified atom stereocenters. The van der Waals surface area contributed by atoms with E-state index in [1.165, 1.54) is 19.3 Å². The zero-order valence-corrected chi connectivity index (χ0v) is 13.9. The first-order valence-electron chi connectivity index (χ1n) is 8.32. The summed E-state index contributed by atoms with van der Waals surface area (Å²) in [5, 5.41) is 0. The van der Waals surface area contributed by atoms with E-state index in [9.17, 15) is 4.79 Å². The smallest absolute Gasteiger partial charge is 0.232 e. The fourth-order valence-corrected chi connectivity index (χ4v) is 3.26. The molecule has 0 spiro atoms. The van der Waals surface area contributed by atoms with Gasteiger partial charge < -0.3 is 4.90 Å². The number of benzene rings is 1. The third-order valence-electron chi connectivity index (χ3n) is 4.65. The molecule has 0 radical (unpaired) electrons. The maximum absolute atomic E-state index is 12.9. The predicted octanol–water partition coefficient (Wildman–Crippen LogP) is 5.03. The van der Waals surface area contributed by atoms with E-state index in [1.807, 2.05) is 39.0 Å². The maximum Gasteiger partial charge on any atom is 0.232 e. The molecule has 0 heterocycles. The maximum atomic E-state index is 12.9. The van der Waals surface area contributed by atoms with Crippen molar-refractivity contribution < 1.29 is 4.79 Å². The summed E-state index contributed by atoms with van der Waals surface area (Å²) in [5.41, 5.74) is 0.717. The monoisotopic (exact) mass is 287 g/mol. The molecule has 0 aromatic heterocycles. The Morgan fingerprint density at radius 2 is 1.67 bits per heavy atom. The normalized spacial score (nSPS) is 22.9. The lowest BCUT2D eigenvalue weighted by molar-refractivity contribution is -0.126. The highest BCUT2D eigenvalue weighted by atomic mass is 16.2. The summed E-state index contributed by atoms with van der Waals surface area (Å²) in [6.07, 6.45) is 6.04. The van der Waals surface area contributed by atoms with Crippen molar-refractivity contribution in [1.82, 2.24) is 0 Å². The van der Waals surface area contributed by atoms with Crippen LogP contribution in [0.25, 0.3) is 0 Å². The molecule has 1 amide bonds. The van der Waals surface area contributed by atoms with Gasteiger partial charge in [-0.1, -0.05) is 52.3 Å². The van der Waals surface area contributed by atoms with Crippen molar-refractivity contribution in [3.63, 3.8) is 0 Å². The Bertz CT molecular complexity index is 452. The van der Waals surface area contributed by atoms with E-state index >= 15 is 0 Å². The summed E-state index contributed by atoms with van der Waals surface area (Å²) < 4.78 is 0. The van der Waals surface area contributed by atoms with Crippen molar-refractivity contribution in [2.24, 2.45) is 11.3 Å². The van der Waals surface area contributed by atoms with E-state index < -0.39 is 0 Å². The number of hydrogen-bond donors (Lipinski definition) is 0. The SMILES string of the molecule is CCC1CCC(N(C(=O)C(C)(C)C)c2ccccc2)CC1. The van der Waals surface area contributed by atoms with E-state index in [0.717, 1.165) is 24.4 Å². The number of rotatable bonds is 3. The molecule has 0 saturated heterocycles. The molecule has 1 saturated carbocycles. The lowest BCUT2D eigenvalue weighted by Crippen LogP contribution is -2.47. The van der Waals surface area contributed by atoms with Gasteiger partial charge in [-0.05, 0) is 43.7 Å². The van der Waals surface area contributed by atoms with Crippen LogP contribution in [-0.4, -0.2) is 11.9 Å². The van der Waals surface area contributed by atoms with Gasteiger partial charge in [0.05, 0.1) is 0 Å². The number of carbonyl (C=O) groups excluding carboxylic acids is 1. The topological polar surface area (TPSA) is 20.3 Å². The van der Waals surface area contributed by atoms with Crippen molar-refractivity contribution in [3.05, 3.63) is 30.3 Å². The second-order valence-corrected chi connectivity index (χ2v) is 7.34. The first kappa shape index (κ1) is 16.1. The van der Waals surface area contributed by atoms with Gasteiger partial charge in [0.25, 0.3) is 0 Å². The third-order valence-corrected chi connectivity index (χ3v) is 4.65. The van der Waals surface area contributed by atoms with Gasteiger partial charge in [-0.25, -0.2) is 0 Å². The van der Waals surface area contributed by atoms with Gasteiger partial charge in [-0.2, -0.15) is 0 Å². The van der Waals surface area contributed by atoms with Gasteiger partial charge in [0.2, 0.25) is 5.91 Å². The molecule has 0 bridgehead atoms. The molecular weight excluding hydrogens is 258 g/mol. The zero-order valence-electron chi connectivity index (χ0n) is 13.9. The van der Waals surface area contributed by atoms with Crippen LogP contribution in [0.2, 0.25) is 0 Å². The standard InChI is InChI=1S/C19H29NO/c1-5-15-11-13-17(14-12-15)20(18(21)19(2,3)4)16-9-7-6-8-10-16/h6-10,15,17H,5,11-14H2,1-4H3. The summed E-state index contributed by atoms with van der Waals surface area (Å²) in [7, 11) is 0. The lowest BCUT2D eigenvalue weighted by atomic mass is 9.82. The van der Waals surface area contributed by atoms with Crippen LogP contribution >= 0.6 is 0 Å². The van der Waals surface area contributed by atoms with Crippen molar-refractivity contribution in [2.75, 3.05) is 4.90 Å². The molecule has 2 heteroatoms. The number of amides is 1. The fraction of sp³-hybridized carbons (Fsp3) is 0.632. The van der Waals surface area contributed by atoms with Crippen LogP contribution in [0.5, 0.6) is 0 Å². The van der Waals surface area contributed by atoms with Crippen LogP contribution in [0.1, 0.15) is 59.8 Å². The van der Waals surface area contributed by atoms with Gasteiger partial charge >= 0.3 is 0 Å². The first-order chi connectivity index (χ1) is 9.93. The Labute approximate surface area is 129 Å². The molecule has 1 aromatic rings. The molecule has 0 aliphatic heterocycles. The van der Waals surface area contributed by atoms with E-state index in [0.29, 0.717) is 6.04 Å². The zero-order chi connectivity index (χ0) is 15.5.